The third-order valence-corrected chi connectivity index (χ3v) is 3.47. The van der Waals surface area contributed by atoms with Gasteiger partial charge in [-0.15, -0.1) is 0 Å². The molecule has 0 spiro atoms. The van der Waals surface area contributed by atoms with Crippen LogP contribution >= 0.6 is 11.6 Å². The number of carbonyl (C=O) groups excluding carboxylic acids is 1. The molecule has 0 aliphatic heterocycles. The van der Waals surface area contributed by atoms with E-state index in [1.54, 1.807) is 32.0 Å². The summed E-state index contributed by atoms with van der Waals surface area (Å²) >= 11 is 5.93. The SMILES string of the molecule is Cc1c(C(=O)NCC(C)CC(=O)O)oc2ccc(Cl)cc12. The Balaban J connectivity index is 2.13. The monoisotopic (exact) mass is 309 g/mol. The van der Waals surface area contributed by atoms with Gasteiger partial charge in [0.25, 0.3) is 5.91 Å². The quantitative estimate of drug-likeness (QED) is 0.888. The van der Waals surface area contributed by atoms with Crippen molar-refractivity contribution in [1.29, 1.82) is 0 Å². The lowest BCUT2D eigenvalue weighted by Gasteiger charge is -2.09. The molecule has 1 aromatic heterocycles. The second-order valence-electron chi connectivity index (χ2n) is 5.11. The number of aryl methyl sites for hydroxylation is 1. The molecule has 1 amide bonds. The Morgan fingerprint density at radius 1 is 1.43 bits per heavy atom. The number of carboxylic acid groups (broad SMARTS) is 1. The first-order chi connectivity index (χ1) is 9.88. The molecule has 0 saturated carbocycles. The van der Waals surface area contributed by atoms with Gasteiger partial charge in [-0.25, -0.2) is 0 Å². The maximum absolute atomic E-state index is 12.1. The van der Waals surface area contributed by atoms with Gasteiger partial charge in [0.2, 0.25) is 0 Å². The third-order valence-electron chi connectivity index (χ3n) is 3.24. The van der Waals surface area contributed by atoms with Crippen molar-refractivity contribution >= 4 is 34.4 Å². The van der Waals surface area contributed by atoms with E-state index in [4.69, 9.17) is 21.1 Å². The average Bonchev–Trinajstić information content (AvgIpc) is 2.73. The van der Waals surface area contributed by atoms with E-state index in [2.05, 4.69) is 5.32 Å². The van der Waals surface area contributed by atoms with Gasteiger partial charge in [0.05, 0.1) is 0 Å². The van der Waals surface area contributed by atoms with Gasteiger partial charge >= 0.3 is 5.97 Å². The van der Waals surface area contributed by atoms with E-state index in [0.29, 0.717) is 10.6 Å². The second kappa shape index (κ2) is 6.18. The molecule has 5 nitrogen and oxygen atoms in total. The highest BCUT2D eigenvalue weighted by Crippen LogP contribution is 2.27. The molecular formula is C15H16ClNO4. The summed E-state index contributed by atoms with van der Waals surface area (Å²) in [5.74, 6) is -1.15. The summed E-state index contributed by atoms with van der Waals surface area (Å²) in [6.45, 7) is 3.83. The van der Waals surface area contributed by atoms with E-state index in [1.165, 1.54) is 0 Å². The van der Waals surface area contributed by atoms with Crippen molar-refractivity contribution in [3.8, 4) is 0 Å². The van der Waals surface area contributed by atoms with E-state index in [1.807, 2.05) is 0 Å². The van der Waals surface area contributed by atoms with Crippen LogP contribution in [-0.2, 0) is 4.79 Å². The summed E-state index contributed by atoms with van der Waals surface area (Å²) in [4.78, 5) is 22.7. The fourth-order valence-electron chi connectivity index (χ4n) is 2.13. The summed E-state index contributed by atoms with van der Waals surface area (Å²) < 4.78 is 5.54. The number of halogens is 1. The van der Waals surface area contributed by atoms with Crippen molar-refractivity contribution in [2.45, 2.75) is 20.3 Å². The largest absolute Gasteiger partial charge is 0.481 e. The van der Waals surface area contributed by atoms with Gasteiger partial charge in [-0.1, -0.05) is 18.5 Å². The van der Waals surface area contributed by atoms with Crippen molar-refractivity contribution < 1.29 is 19.1 Å². The fraction of sp³-hybridized carbons (Fsp3) is 0.333. The first-order valence-corrected chi connectivity index (χ1v) is 6.95. The highest BCUT2D eigenvalue weighted by atomic mass is 35.5. The molecule has 1 unspecified atom stereocenters. The predicted octanol–water partition coefficient (Wildman–Crippen LogP) is 3.24. The Kier molecular flexibility index (Phi) is 4.53. The number of aliphatic carboxylic acids is 1. The van der Waals surface area contributed by atoms with Gasteiger partial charge < -0.3 is 14.8 Å². The number of nitrogens with one attached hydrogen (secondary N) is 1. The summed E-state index contributed by atoms with van der Waals surface area (Å²) in [6, 6.07) is 5.16. The predicted molar refractivity (Wildman–Crippen MR) is 79.7 cm³/mol. The molecule has 1 atom stereocenters. The molecule has 0 fully saturated rings. The van der Waals surface area contributed by atoms with Crippen LogP contribution in [-0.4, -0.2) is 23.5 Å². The normalized spacial score (nSPS) is 12.3. The molecule has 6 heteroatoms. The number of fused-ring (bicyclic) bond motifs is 1. The number of rotatable bonds is 5. The van der Waals surface area contributed by atoms with Crippen LogP contribution in [0.15, 0.2) is 22.6 Å². The lowest BCUT2D eigenvalue weighted by atomic mass is 10.1. The van der Waals surface area contributed by atoms with E-state index in [-0.39, 0.29) is 30.6 Å². The van der Waals surface area contributed by atoms with E-state index < -0.39 is 5.97 Å². The van der Waals surface area contributed by atoms with Crippen molar-refractivity contribution in [2.75, 3.05) is 6.54 Å². The van der Waals surface area contributed by atoms with Gasteiger partial charge in [0, 0.05) is 28.9 Å². The number of hydrogen-bond donors (Lipinski definition) is 2. The summed E-state index contributed by atoms with van der Waals surface area (Å²) in [6.07, 6.45) is 0.00893. The Bertz CT molecular complexity index is 692. The molecule has 2 rings (SSSR count). The summed E-state index contributed by atoms with van der Waals surface area (Å²) in [5, 5.41) is 12.8. The highest BCUT2D eigenvalue weighted by Gasteiger charge is 2.18. The van der Waals surface area contributed by atoms with Crippen LogP contribution in [0, 0.1) is 12.8 Å². The van der Waals surface area contributed by atoms with Crippen LogP contribution in [0.2, 0.25) is 5.02 Å². The molecule has 1 aromatic carbocycles. The molecule has 0 aliphatic carbocycles. The van der Waals surface area contributed by atoms with Crippen LogP contribution in [0.3, 0.4) is 0 Å². The number of hydrogen-bond acceptors (Lipinski definition) is 3. The Labute approximate surface area is 126 Å². The minimum atomic E-state index is -0.883. The standard InChI is InChI=1S/C15H16ClNO4/c1-8(5-13(18)19)7-17-15(20)14-9(2)11-6-10(16)3-4-12(11)21-14/h3-4,6,8H,5,7H2,1-2H3,(H,17,20)(H,18,19). The zero-order valence-electron chi connectivity index (χ0n) is 11.8. The van der Waals surface area contributed by atoms with Crippen LogP contribution in [0.25, 0.3) is 11.0 Å². The highest BCUT2D eigenvalue weighted by molar-refractivity contribution is 6.31. The Hall–Kier alpha value is -2.01. The van der Waals surface area contributed by atoms with E-state index in [0.717, 1.165) is 10.9 Å². The smallest absolute Gasteiger partial charge is 0.303 e. The number of benzene rings is 1. The molecule has 2 aromatic rings. The van der Waals surface area contributed by atoms with Crippen LogP contribution in [0.4, 0.5) is 0 Å². The summed E-state index contributed by atoms with van der Waals surface area (Å²) in [5.41, 5.74) is 1.32. The van der Waals surface area contributed by atoms with Gasteiger partial charge in [-0.2, -0.15) is 0 Å². The minimum Gasteiger partial charge on any atom is -0.481 e. The van der Waals surface area contributed by atoms with Crippen LogP contribution in [0.5, 0.6) is 0 Å². The average molecular weight is 310 g/mol. The number of carbonyl (C=O) groups is 2. The fourth-order valence-corrected chi connectivity index (χ4v) is 2.30. The molecule has 1 heterocycles. The lowest BCUT2D eigenvalue weighted by molar-refractivity contribution is -0.137. The molecular weight excluding hydrogens is 294 g/mol. The maximum atomic E-state index is 12.1. The molecule has 2 N–H and O–H groups in total. The van der Waals surface area contributed by atoms with Crippen molar-refractivity contribution in [2.24, 2.45) is 5.92 Å². The van der Waals surface area contributed by atoms with Gasteiger partial charge in [-0.05, 0) is 31.0 Å². The molecule has 0 radical (unpaired) electrons. The topological polar surface area (TPSA) is 79.5 Å². The van der Waals surface area contributed by atoms with Crippen molar-refractivity contribution in [1.82, 2.24) is 5.32 Å². The first kappa shape index (κ1) is 15.4. The van der Waals surface area contributed by atoms with Gasteiger partial charge in [0.1, 0.15) is 5.58 Å². The molecule has 0 saturated heterocycles. The lowest BCUT2D eigenvalue weighted by Crippen LogP contribution is -2.29. The first-order valence-electron chi connectivity index (χ1n) is 6.57. The number of furan rings is 1. The maximum Gasteiger partial charge on any atom is 0.303 e. The summed E-state index contributed by atoms with van der Waals surface area (Å²) in [7, 11) is 0. The molecule has 112 valence electrons. The number of amides is 1. The van der Waals surface area contributed by atoms with Crippen molar-refractivity contribution in [3.05, 3.63) is 34.5 Å². The zero-order valence-corrected chi connectivity index (χ0v) is 12.5. The zero-order chi connectivity index (χ0) is 15.6. The van der Waals surface area contributed by atoms with Crippen LogP contribution < -0.4 is 5.32 Å². The molecule has 21 heavy (non-hydrogen) atoms. The van der Waals surface area contributed by atoms with Gasteiger partial charge in [0.15, 0.2) is 5.76 Å². The third kappa shape index (κ3) is 3.55. The molecule has 0 bridgehead atoms. The van der Waals surface area contributed by atoms with Crippen molar-refractivity contribution in [3.63, 3.8) is 0 Å². The Morgan fingerprint density at radius 2 is 2.14 bits per heavy atom. The Morgan fingerprint density at radius 3 is 2.81 bits per heavy atom. The number of carboxylic acids is 1. The van der Waals surface area contributed by atoms with E-state index in [9.17, 15) is 9.59 Å². The molecule has 0 aliphatic rings. The van der Waals surface area contributed by atoms with E-state index >= 15 is 0 Å². The minimum absolute atomic E-state index is 0.00893. The second-order valence-corrected chi connectivity index (χ2v) is 5.55. The van der Waals surface area contributed by atoms with Crippen LogP contribution in [0.1, 0.15) is 29.5 Å². The van der Waals surface area contributed by atoms with Gasteiger partial charge in [-0.3, -0.25) is 9.59 Å².